The first-order valence-corrected chi connectivity index (χ1v) is 6.76. The van der Waals surface area contributed by atoms with Crippen LogP contribution in [0.2, 0.25) is 0 Å². The Morgan fingerprint density at radius 3 is 1.27 bits per heavy atom. The second kappa shape index (κ2) is 8.87. The highest BCUT2D eigenvalue weighted by molar-refractivity contribution is 4.66. The lowest BCUT2D eigenvalue weighted by molar-refractivity contribution is 0.496. The monoisotopic (exact) mass is 211 g/mol. The van der Waals surface area contributed by atoms with E-state index in [4.69, 9.17) is 0 Å². The zero-order valence-corrected chi connectivity index (χ0v) is 9.92. The highest BCUT2D eigenvalue weighted by Gasteiger charge is 2.08. The first-order valence-electron chi connectivity index (χ1n) is 6.76. The molecule has 0 aromatic heterocycles. The number of hydrogen-bond acceptors (Lipinski definition) is 2. The molecule has 0 saturated heterocycles. The molecule has 2 nitrogen and oxygen atoms in total. The van der Waals surface area contributed by atoms with Gasteiger partial charge in [-0.15, -0.1) is 0 Å². The van der Waals surface area contributed by atoms with Gasteiger partial charge >= 0.3 is 0 Å². The molecule has 0 N–H and O–H groups in total. The molecular weight excluding hydrogens is 186 g/mol. The van der Waals surface area contributed by atoms with E-state index in [0.29, 0.717) is 0 Å². The van der Waals surface area contributed by atoms with Crippen LogP contribution in [0.25, 0.3) is 0 Å². The van der Waals surface area contributed by atoms with Crippen LogP contribution in [0.4, 0.5) is 0 Å². The van der Waals surface area contributed by atoms with E-state index in [2.05, 4.69) is 5.18 Å². The summed E-state index contributed by atoms with van der Waals surface area (Å²) in [6.07, 6.45) is 15.4. The minimum absolute atomic E-state index is 0.116. The first kappa shape index (κ1) is 12.7. The predicted molar refractivity (Wildman–Crippen MR) is 65.0 cm³/mol. The molecule has 0 aromatic rings. The average Bonchev–Trinajstić information content (AvgIpc) is 2.29. The van der Waals surface area contributed by atoms with Crippen molar-refractivity contribution in [1.29, 1.82) is 0 Å². The molecule has 0 unspecified atom stereocenters. The summed E-state index contributed by atoms with van der Waals surface area (Å²) in [7, 11) is 0. The van der Waals surface area contributed by atoms with Crippen LogP contribution in [-0.2, 0) is 0 Å². The first-order chi connectivity index (χ1) is 7.43. The van der Waals surface area contributed by atoms with Crippen molar-refractivity contribution in [3.05, 3.63) is 4.91 Å². The summed E-state index contributed by atoms with van der Waals surface area (Å²) < 4.78 is 0. The van der Waals surface area contributed by atoms with Crippen LogP contribution in [-0.4, -0.2) is 6.04 Å². The minimum atomic E-state index is 0.116. The van der Waals surface area contributed by atoms with Gasteiger partial charge in [-0.05, 0) is 12.8 Å². The standard InChI is InChI=1S/C13H25NO/c15-14-13-11-9-7-5-3-1-2-4-6-8-10-12-13/h13H,1-12H2. The van der Waals surface area contributed by atoms with Crippen LogP contribution in [0.1, 0.15) is 77.0 Å². The van der Waals surface area contributed by atoms with Gasteiger partial charge in [-0.3, -0.25) is 0 Å². The van der Waals surface area contributed by atoms with E-state index in [0.717, 1.165) is 12.8 Å². The Balaban J connectivity index is 2.20. The van der Waals surface area contributed by atoms with Crippen molar-refractivity contribution in [2.45, 2.75) is 83.1 Å². The van der Waals surface area contributed by atoms with E-state index >= 15 is 0 Å². The molecule has 0 aromatic carbocycles. The topological polar surface area (TPSA) is 29.4 Å². The number of rotatable bonds is 1. The van der Waals surface area contributed by atoms with Gasteiger partial charge in [0, 0.05) is 0 Å². The SMILES string of the molecule is O=NC1CCCCCCCCCCCC1. The second-order valence-electron chi connectivity index (χ2n) is 4.87. The molecule has 1 saturated carbocycles. The maximum Gasteiger partial charge on any atom is 0.0919 e. The molecular formula is C13H25NO. The zero-order chi connectivity index (χ0) is 10.8. The van der Waals surface area contributed by atoms with Crippen molar-refractivity contribution in [2.24, 2.45) is 5.18 Å². The van der Waals surface area contributed by atoms with Crippen LogP contribution in [0.5, 0.6) is 0 Å². The van der Waals surface area contributed by atoms with Crippen LogP contribution < -0.4 is 0 Å². The third-order valence-corrected chi connectivity index (χ3v) is 3.47. The maximum atomic E-state index is 10.6. The zero-order valence-electron chi connectivity index (χ0n) is 9.92. The third-order valence-electron chi connectivity index (χ3n) is 3.47. The van der Waals surface area contributed by atoms with Gasteiger partial charge in [0.1, 0.15) is 0 Å². The molecule has 0 radical (unpaired) electrons. The van der Waals surface area contributed by atoms with Crippen molar-refractivity contribution >= 4 is 0 Å². The Bertz CT molecular complexity index is 145. The Labute approximate surface area is 93.8 Å². The molecule has 1 aliphatic rings. The third kappa shape index (κ3) is 6.64. The molecule has 1 rings (SSSR count). The van der Waals surface area contributed by atoms with Crippen molar-refractivity contribution in [3.8, 4) is 0 Å². The lowest BCUT2D eigenvalue weighted by Gasteiger charge is -2.07. The smallest absolute Gasteiger partial charge is 0.0919 e. The van der Waals surface area contributed by atoms with Crippen molar-refractivity contribution < 1.29 is 0 Å². The van der Waals surface area contributed by atoms with E-state index in [1.54, 1.807) is 0 Å². The van der Waals surface area contributed by atoms with Gasteiger partial charge in [0.25, 0.3) is 0 Å². The van der Waals surface area contributed by atoms with Gasteiger partial charge in [-0.1, -0.05) is 69.4 Å². The second-order valence-corrected chi connectivity index (χ2v) is 4.87. The van der Waals surface area contributed by atoms with Crippen molar-refractivity contribution in [2.75, 3.05) is 0 Å². The fourth-order valence-corrected chi connectivity index (χ4v) is 2.42. The van der Waals surface area contributed by atoms with Crippen molar-refractivity contribution in [1.82, 2.24) is 0 Å². The summed E-state index contributed by atoms with van der Waals surface area (Å²) in [6, 6.07) is 0.116. The Hall–Kier alpha value is -0.400. The van der Waals surface area contributed by atoms with Gasteiger partial charge in [-0.25, -0.2) is 0 Å². The Morgan fingerprint density at radius 2 is 0.933 bits per heavy atom. The molecule has 88 valence electrons. The number of nitroso groups, excluding NO2 is 1. The summed E-state index contributed by atoms with van der Waals surface area (Å²) >= 11 is 0. The fraction of sp³-hybridized carbons (Fsp3) is 1.00. The molecule has 1 aliphatic carbocycles. The molecule has 0 spiro atoms. The fourth-order valence-electron chi connectivity index (χ4n) is 2.42. The van der Waals surface area contributed by atoms with E-state index < -0.39 is 0 Å². The van der Waals surface area contributed by atoms with Crippen LogP contribution in [0, 0.1) is 4.91 Å². The van der Waals surface area contributed by atoms with Gasteiger partial charge in [-0.2, -0.15) is 4.91 Å². The average molecular weight is 211 g/mol. The number of nitrogens with zero attached hydrogens (tertiary/aromatic N) is 1. The minimum Gasteiger partial charge on any atom is -0.151 e. The Kier molecular flexibility index (Phi) is 7.49. The van der Waals surface area contributed by atoms with Gasteiger partial charge in [0.05, 0.1) is 6.04 Å². The largest absolute Gasteiger partial charge is 0.151 e. The normalized spacial score (nSPS) is 23.5. The van der Waals surface area contributed by atoms with Crippen molar-refractivity contribution in [3.63, 3.8) is 0 Å². The quantitative estimate of drug-likeness (QED) is 0.572. The van der Waals surface area contributed by atoms with Gasteiger partial charge < -0.3 is 0 Å². The van der Waals surface area contributed by atoms with Crippen LogP contribution >= 0.6 is 0 Å². The lowest BCUT2D eigenvalue weighted by Crippen LogP contribution is -2.03. The van der Waals surface area contributed by atoms with Gasteiger partial charge in [0.15, 0.2) is 0 Å². The maximum absolute atomic E-state index is 10.6. The lowest BCUT2D eigenvalue weighted by atomic mass is 10.0. The number of hydrogen-bond donors (Lipinski definition) is 0. The Morgan fingerprint density at radius 1 is 0.600 bits per heavy atom. The highest BCUT2D eigenvalue weighted by Crippen LogP contribution is 2.18. The summed E-state index contributed by atoms with van der Waals surface area (Å²) in [4.78, 5) is 10.6. The van der Waals surface area contributed by atoms with Gasteiger partial charge in [0.2, 0.25) is 0 Å². The van der Waals surface area contributed by atoms with E-state index in [-0.39, 0.29) is 6.04 Å². The summed E-state index contributed by atoms with van der Waals surface area (Å²) in [5.41, 5.74) is 0. The molecule has 0 amide bonds. The summed E-state index contributed by atoms with van der Waals surface area (Å²) in [5, 5.41) is 3.25. The summed E-state index contributed by atoms with van der Waals surface area (Å²) in [5.74, 6) is 0. The van der Waals surface area contributed by atoms with Crippen LogP contribution in [0.3, 0.4) is 0 Å². The van der Waals surface area contributed by atoms with Crippen LogP contribution in [0.15, 0.2) is 5.18 Å². The molecule has 15 heavy (non-hydrogen) atoms. The molecule has 1 fully saturated rings. The predicted octanol–water partition coefficient (Wildman–Crippen LogP) is 4.82. The highest BCUT2D eigenvalue weighted by atomic mass is 16.3. The molecule has 0 bridgehead atoms. The molecule has 0 atom stereocenters. The van der Waals surface area contributed by atoms with E-state index in [9.17, 15) is 4.91 Å². The molecule has 2 heteroatoms. The van der Waals surface area contributed by atoms with E-state index in [1.807, 2.05) is 0 Å². The summed E-state index contributed by atoms with van der Waals surface area (Å²) in [6.45, 7) is 0. The van der Waals surface area contributed by atoms with E-state index in [1.165, 1.54) is 64.2 Å². The molecule has 0 aliphatic heterocycles. The molecule has 0 heterocycles.